The molecule has 3 heterocycles. The maximum Gasteiger partial charge on any atom is 0.311 e. The number of hydrogen-bond acceptors (Lipinski definition) is 8. The Morgan fingerprint density at radius 3 is 2.74 bits per heavy atom. The molecule has 3 N–H and O–H groups in total. The third-order valence-electron chi connectivity index (χ3n) is 6.49. The Hall–Kier alpha value is -3.46. The van der Waals surface area contributed by atoms with Gasteiger partial charge >= 0.3 is 5.97 Å². The first kappa shape index (κ1) is 22.3. The van der Waals surface area contributed by atoms with Crippen LogP contribution in [0.15, 0.2) is 48.7 Å². The smallest absolute Gasteiger partial charge is 0.311 e. The molecule has 1 atom stereocenters. The molecular formula is C25H30N6O3. The minimum absolute atomic E-state index is 0.160. The van der Waals surface area contributed by atoms with Crippen LogP contribution in [0.25, 0.3) is 0 Å². The summed E-state index contributed by atoms with van der Waals surface area (Å²) in [6.07, 6.45) is 7.09. The second-order valence-corrected chi connectivity index (χ2v) is 9.01. The van der Waals surface area contributed by atoms with E-state index in [4.69, 9.17) is 9.47 Å². The van der Waals surface area contributed by atoms with E-state index in [0.29, 0.717) is 35.8 Å². The Balaban J connectivity index is 1.08. The van der Waals surface area contributed by atoms with Crippen LogP contribution >= 0.6 is 0 Å². The van der Waals surface area contributed by atoms with Crippen LogP contribution in [0.5, 0.6) is 5.75 Å². The number of rotatable bonds is 8. The van der Waals surface area contributed by atoms with Crippen molar-refractivity contribution >= 4 is 23.6 Å². The average Bonchev–Trinajstić information content (AvgIpc) is 3.54. The predicted molar refractivity (Wildman–Crippen MR) is 128 cm³/mol. The molecule has 34 heavy (non-hydrogen) atoms. The topological polar surface area (TPSA) is 114 Å². The van der Waals surface area contributed by atoms with Crippen molar-refractivity contribution in [2.24, 2.45) is 5.92 Å². The van der Waals surface area contributed by atoms with Crippen LogP contribution in [0, 0.1) is 5.92 Å². The normalized spacial score (nSPS) is 22.3. The molecule has 9 nitrogen and oxygen atoms in total. The fourth-order valence-corrected chi connectivity index (χ4v) is 4.61. The first-order valence-electron chi connectivity index (χ1n) is 12.0. The number of benzene rings is 1. The van der Waals surface area contributed by atoms with E-state index in [1.807, 2.05) is 30.3 Å². The second-order valence-electron chi connectivity index (χ2n) is 9.01. The SMILES string of the molecule is O=C(CC1CCC(Nc2nccc(Nc3cc(C4CCOC4)[nH]n3)n2)CC1)Oc1ccccc1. The van der Waals surface area contributed by atoms with E-state index in [9.17, 15) is 4.79 Å². The van der Waals surface area contributed by atoms with Gasteiger partial charge < -0.3 is 20.1 Å². The molecule has 0 radical (unpaired) electrons. The van der Waals surface area contributed by atoms with Crippen molar-refractivity contribution in [3.8, 4) is 5.75 Å². The number of anilines is 3. The van der Waals surface area contributed by atoms with E-state index in [1.165, 1.54) is 0 Å². The molecule has 1 aliphatic heterocycles. The lowest BCUT2D eigenvalue weighted by Crippen LogP contribution is -2.28. The lowest BCUT2D eigenvalue weighted by atomic mass is 9.84. The highest BCUT2D eigenvalue weighted by molar-refractivity contribution is 5.72. The van der Waals surface area contributed by atoms with Crippen LogP contribution < -0.4 is 15.4 Å². The predicted octanol–water partition coefficient (Wildman–Crippen LogP) is 4.41. The molecule has 0 amide bonds. The lowest BCUT2D eigenvalue weighted by molar-refractivity contribution is -0.135. The summed E-state index contributed by atoms with van der Waals surface area (Å²) in [6.45, 7) is 1.53. The van der Waals surface area contributed by atoms with Crippen molar-refractivity contribution in [1.29, 1.82) is 0 Å². The lowest BCUT2D eigenvalue weighted by Gasteiger charge is -2.28. The Labute approximate surface area is 198 Å². The molecule has 5 rings (SSSR count). The van der Waals surface area contributed by atoms with E-state index < -0.39 is 0 Å². The van der Waals surface area contributed by atoms with Crippen molar-refractivity contribution in [3.63, 3.8) is 0 Å². The molecule has 178 valence electrons. The number of aromatic amines is 1. The first-order valence-corrected chi connectivity index (χ1v) is 12.0. The number of carbonyl (C=O) groups is 1. The van der Waals surface area contributed by atoms with Gasteiger partial charge in [-0.1, -0.05) is 18.2 Å². The zero-order valence-corrected chi connectivity index (χ0v) is 19.1. The van der Waals surface area contributed by atoms with E-state index in [2.05, 4.69) is 30.8 Å². The van der Waals surface area contributed by atoms with Crippen LogP contribution in [0.1, 0.15) is 50.1 Å². The van der Waals surface area contributed by atoms with Gasteiger partial charge in [0.15, 0.2) is 5.82 Å². The highest BCUT2D eigenvalue weighted by atomic mass is 16.5. The quantitative estimate of drug-likeness (QED) is 0.333. The van der Waals surface area contributed by atoms with Crippen LogP contribution in [-0.2, 0) is 9.53 Å². The summed E-state index contributed by atoms with van der Waals surface area (Å²) < 4.78 is 10.9. The molecule has 1 aromatic carbocycles. The van der Waals surface area contributed by atoms with Crippen LogP contribution in [0.3, 0.4) is 0 Å². The van der Waals surface area contributed by atoms with Gasteiger partial charge in [0.1, 0.15) is 11.6 Å². The molecule has 1 saturated heterocycles. The fourth-order valence-electron chi connectivity index (χ4n) is 4.61. The standard InChI is InChI=1S/C25H30N6O3/c32-24(34-20-4-2-1-3-5-20)14-17-6-8-19(9-7-17)27-25-26-12-10-22(29-25)28-23-15-21(30-31-23)18-11-13-33-16-18/h1-5,10,12,15,17-19H,6-9,11,13-14,16H2,(H3,26,27,28,29,30,31). The van der Waals surface area contributed by atoms with E-state index >= 15 is 0 Å². The molecule has 0 bridgehead atoms. The summed E-state index contributed by atoms with van der Waals surface area (Å²) in [7, 11) is 0. The van der Waals surface area contributed by atoms with Crippen LogP contribution in [0.2, 0.25) is 0 Å². The third-order valence-corrected chi connectivity index (χ3v) is 6.49. The van der Waals surface area contributed by atoms with E-state index in [0.717, 1.165) is 56.8 Å². The Kier molecular flexibility index (Phi) is 6.99. The molecule has 2 aliphatic rings. The third kappa shape index (κ3) is 5.91. The number of hydrogen-bond donors (Lipinski definition) is 3. The Bertz CT molecular complexity index is 1080. The zero-order chi connectivity index (χ0) is 23.2. The monoisotopic (exact) mass is 462 g/mol. The Morgan fingerprint density at radius 2 is 1.94 bits per heavy atom. The number of nitrogens with one attached hydrogen (secondary N) is 3. The maximum atomic E-state index is 12.2. The molecule has 9 heteroatoms. The average molecular weight is 463 g/mol. The van der Waals surface area contributed by atoms with Crippen molar-refractivity contribution in [3.05, 3.63) is 54.4 Å². The number of aromatic nitrogens is 4. The summed E-state index contributed by atoms with van der Waals surface area (Å²) in [5.41, 5.74) is 1.08. The zero-order valence-electron chi connectivity index (χ0n) is 19.1. The van der Waals surface area contributed by atoms with E-state index in [1.54, 1.807) is 18.3 Å². The first-order chi connectivity index (χ1) is 16.7. The number of nitrogens with zero attached hydrogens (tertiary/aromatic N) is 3. The molecule has 1 unspecified atom stereocenters. The van der Waals surface area contributed by atoms with Gasteiger partial charge in [-0.3, -0.25) is 9.89 Å². The molecule has 2 aromatic heterocycles. The van der Waals surface area contributed by atoms with Gasteiger partial charge in [0.05, 0.1) is 6.61 Å². The molecule has 1 aliphatic carbocycles. The van der Waals surface area contributed by atoms with Crippen LogP contribution in [-0.4, -0.2) is 45.4 Å². The van der Waals surface area contributed by atoms with Gasteiger partial charge in [-0.05, 0) is 56.2 Å². The number of H-pyrrole nitrogens is 1. The number of carbonyl (C=O) groups excluding carboxylic acids is 1. The van der Waals surface area contributed by atoms with Crippen molar-refractivity contribution < 1.29 is 14.3 Å². The molecule has 2 fully saturated rings. The van der Waals surface area contributed by atoms with Gasteiger partial charge in [0.2, 0.25) is 5.95 Å². The largest absolute Gasteiger partial charge is 0.427 e. The fraction of sp³-hybridized carbons (Fsp3) is 0.440. The highest BCUT2D eigenvalue weighted by Gasteiger charge is 2.24. The number of ether oxygens (including phenoxy) is 2. The minimum Gasteiger partial charge on any atom is -0.427 e. The Morgan fingerprint density at radius 1 is 1.09 bits per heavy atom. The summed E-state index contributed by atoms with van der Waals surface area (Å²) in [5, 5.41) is 14.1. The molecule has 0 spiro atoms. The molecule has 1 saturated carbocycles. The van der Waals surface area contributed by atoms with Gasteiger partial charge in [0.25, 0.3) is 0 Å². The van der Waals surface area contributed by atoms with Gasteiger partial charge in [-0.2, -0.15) is 10.1 Å². The molecular weight excluding hydrogens is 432 g/mol. The maximum absolute atomic E-state index is 12.2. The number of para-hydroxylation sites is 1. The van der Waals surface area contributed by atoms with Gasteiger partial charge in [0, 0.05) is 42.9 Å². The summed E-state index contributed by atoms with van der Waals surface area (Å²) >= 11 is 0. The highest BCUT2D eigenvalue weighted by Crippen LogP contribution is 2.29. The van der Waals surface area contributed by atoms with Crippen molar-refractivity contribution in [1.82, 2.24) is 20.2 Å². The summed E-state index contributed by atoms with van der Waals surface area (Å²) in [4.78, 5) is 21.2. The second kappa shape index (κ2) is 10.6. The number of esters is 1. The molecule has 3 aromatic rings. The van der Waals surface area contributed by atoms with Crippen LogP contribution in [0.4, 0.5) is 17.6 Å². The summed E-state index contributed by atoms with van der Waals surface area (Å²) in [6, 6.07) is 13.4. The van der Waals surface area contributed by atoms with Crippen molar-refractivity contribution in [2.45, 2.75) is 50.5 Å². The van der Waals surface area contributed by atoms with Gasteiger partial charge in [-0.15, -0.1) is 0 Å². The van der Waals surface area contributed by atoms with Gasteiger partial charge in [-0.25, -0.2) is 4.98 Å². The van der Waals surface area contributed by atoms with Crippen molar-refractivity contribution in [2.75, 3.05) is 23.8 Å². The summed E-state index contributed by atoms with van der Waals surface area (Å²) in [5.74, 6) is 3.18. The van der Waals surface area contributed by atoms with E-state index in [-0.39, 0.29) is 12.0 Å². The minimum atomic E-state index is -0.160.